The predicted octanol–water partition coefficient (Wildman–Crippen LogP) is 1.55. The molecule has 86 valence electrons. The fraction of sp³-hybridized carbons (Fsp3) is 0.222. The Hall–Kier alpha value is -1.01. The van der Waals surface area contributed by atoms with Crippen LogP contribution in [0.4, 0.5) is 0 Å². The maximum Gasteiger partial charge on any atom is 0.417 e. The first-order valence-electron chi connectivity index (χ1n) is 4.45. The first-order chi connectivity index (χ1) is 7.61. The first kappa shape index (κ1) is 11.5. The normalized spacial score (nSPS) is 13.2. The Kier molecular flexibility index (Phi) is 3.20. The molecule has 1 atom stereocenters. The molecule has 1 aromatic heterocycles. The monoisotopic (exact) mass is 262 g/mol. The number of oxazole rings is 1. The van der Waals surface area contributed by atoms with Crippen molar-refractivity contribution in [2.24, 2.45) is 0 Å². The molecule has 16 heavy (non-hydrogen) atoms. The van der Waals surface area contributed by atoms with Crippen LogP contribution in [0.15, 0.2) is 21.3 Å². The number of benzene rings is 1. The lowest BCUT2D eigenvalue weighted by Gasteiger charge is -2.09. The van der Waals surface area contributed by atoms with E-state index in [4.69, 9.17) is 27.8 Å². The zero-order valence-corrected chi connectivity index (χ0v) is 9.47. The summed E-state index contributed by atoms with van der Waals surface area (Å²) < 4.78 is 4.86. The van der Waals surface area contributed by atoms with E-state index in [9.17, 15) is 9.90 Å². The van der Waals surface area contributed by atoms with Gasteiger partial charge in [-0.05, 0) is 29.5 Å². The molecule has 0 aliphatic heterocycles. The highest BCUT2D eigenvalue weighted by Gasteiger charge is 2.13. The molecule has 0 aliphatic carbocycles. The lowest BCUT2D eigenvalue weighted by molar-refractivity contribution is 0.182. The van der Waals surface area contributed by atoms with Gasteiger partial charge in [0.1, 0.15) is 5.52 Å². The Labute approximate surface area is 100 Å². The molecule has 2 aromatic rings. The number of hydrogen-bond donors (Lipinski definition) is 3. The summed E-state index contributed by atoms with van der Waals surface area (Å²) in [7, 11) is 0. The summed E-state index contributed by atoms with van der Waals surface area (Å²) in [4.78, 5) is 15.7. The number of H-pyrrole nitrogens is 1. The molecule has 0 amide bonds. The van der Waals surface area contributed by atoms with Crippen molar-refractivity contribution < 1.29 is 9.52 Å². The largest absolute Gasteiger partial charge is 0.417 e. The average Bonchev–Trinajstić information content (AvgIpc) is 2.59. The maximum atomic E-state index is 11.0. The number of aromatic nitrogens is 1. The molecule has 1 heterocycles. The Morgan fingerprint density at radius 3 is 3.00 bits per heavy atom. The minimum atomic E-state index is -0.820. The zero-order valence-electron chi connectivity index (χ0n) is 7.96. The zero-order chi connectivity index (χ0) is 11.7. The van der Waals surface area contributed by atoms with Crippen LogP contribution in [0.1, 0.15) is 11.7 Å². The third-order valence-corrected chi connectivity index (χ3v) is 2.61. The third-order valence-electron chi connectivity index (χ3n) is 2.16. The van der Waals surface area contributed by atoms with Crippen molar-refractivity contribution in [2.45, 2.75) is 6.10 Å². The van der Waals surface area contributed by atoms with Gasteiger partial charge >= 0.3 is 5.76 Å². The van der Waals surface area contributed by atoms with Crippen molar-refractivity contribution in [3.8, 4) is 0 Å². The summed E-state index contributed by atoms with van der Waals surface area (Å²) in [5.41, 5.74) is 1.25. The molecule has 0 aliphatic rings. The molecule has 7 heteroatoms. The summed E-state index contributed by atoms with van der Waals surface area (Å²) in [5.74, 6) is -0.584. The summed E-state index contributed by atoms with van der Waals surface area (Å²) in [6, 6.07) is 3.09. The summed E-state index contributed by atoms with van der Waals surface area (Å²) in [6.45, 7) is 0.165. The molecule has 5 nitrogen and oxygen atoms in total. The van der Waals surface area contributed by atoms with E-state index in [0.29, 0.717) is 21.7 Å². The van der Waals surface area contributed by atoms with E-state index in [1.165, 1.54) is 6.07 Å². The van der Waals surface area contributed by atoms with Gasteiger partial charge in [-0.3, -0.25) is 4.98 Å². The number of nitrogens with one attached hydrogen (secondary N) is 2. The second-order valence-electron chi connectivity index (χ2n) is 3.24. The molecule has 0 saturated heterocycles. The average molecular weight is 263 g/mol. The molecule has 0 spiro atoms. The van der Waals surface area contributed by atoms with E-state index in [1.54, 1.807) is 6.07 Å². The van der Waals surface area contributed by atoms with Gasteiger partial charge in [-0.2, -0.15) is 0 Å². The molecule has 1 aromatic carbocycles. The van der Waals surface area contributed by atoms with Crippen LogP contribution >= 0.6 is 23.4 Å². The highest BCUT2D eigenvalue weighted by atomic mass is 35.5. The van der Waals surface area contributed by atoms with Gasteiger partial charge < -0.3 is 9.52 Å². The minimum Gasteiger partial charge on any atom is -0.408 e. The van der Waals surface area contributed by atoms with E-state index in [2.05, 4.69) is 9.82 Å². The third kappa shape index (κ3) is 2.08. The molecule has 2 rings (SSSR count). The molecule has 3 N–H and O–H groups in total. The standard InChI is InChI=1S/C9H8Cl2N2O3/c10-5-1-4(6(14)3-12-11)2-7-8(5)13-9(15)16-7/h1-2,6,12,14H,3H2,(H,13,15). The number of aliphatic hydroxyl groups is 1. The lowest BCUT2D eigenvalue weighted by atomic mass is 10.1. The van der Waals surface area contributed by atoms with E-state index < -0.39 is 11.9 Å². The van der Waals surface area contributed by atoms with E-state index in [1.807, 2.05) is 0 Å². The number of aliphatic hydroxyl groups excluding tert-OH is 1. The molecule has 1 unspecified atom stereocenters. The van der Waals surface area contributed by atoms with E-state index in [-0.39, 0.29) is 6.54 Å². The van der Waals surface area contributed by atoms with Crippen molar-refractivity contribution in [1.82, 2.24) is 9.82 Å². The maximum absolute atomic E-state index is 11.0. The second kappa shape index (κ2) is 4.47. The SMILES string of the molecule is O=c1[nH]c2c(Cl)cc(C(O)CNCl)cc2o1. The van der Waals surface area contributed by atoms with Crippen LogP contribution < -0.4 is 10.6 Å². The number of aromatic amines is 1. The summed E-state index contributed by atoms with van der Waals surface area (Å²) >= 11 is 11.2. The smallest absolute Gasteiger partial charge is 0.408 e. The molecular weight excluding hydrogens is 255 g/mol. The van der Waals surface area contributed by atoms with Crippen molar-refractivity contribution >= 4 is 34.5 Å². The first-order valence-corrected chi connectivity index (χ1v) is 5.21. The Morgan fingerprint density at radius 1 is 1.56 bits per heavy atom. The molecule has 0 saturated carbocycles. The molecular formula is C9H8Cl2N2O3. The fourth-order valence-corrected chi connectivity index (χ4v) is 1.83. The quantitative estimate of drug-likeness (QED) is 0.734. The number of halogens is 2. The van der Waals surface area contributed by atoms with Crippen molar-refractivity contribution in [3.05, 3.63) is 33.3 Å². The van der Waals surface area contributed by atoms with Gasteiger partial charge in [0.25, 0.3) is 0 Å². The number of rotatable bonds is 3. The van der Waals surface area contributed by atoms with E-state index >= 15 is 0 Å². The molecule has 0 bridgehead atoms. The topological polar surface area (TPSA) is 78.3 Å². The van der Waals surface area contributed by atoms with Gasteiger partial charge in [0.05, 0.1) is 11.1 Å². The Balaban J connectivity index is 2.52. The number of fused-ring (bicyclic) bond motifs is 1. The van der Waals surface area contributed by atoms with Gasteiger partial charge in [-0.1, -0.05) is 11.6 Å². The van der Waals surface area contributed by atoms with Crippen LogP contribution in [0.2, 0.25) is 5.02 Å². The summed E-state index contributed by atoms with van der Waals surface area (Å²) in [6.07, 6.45) is -0.820. The second-order valence-corrected chi connectivity index (χ2v) is 3.92. The Bertz CT molecular complexity index is 563. The Morgan fingerprint density at radius 2 is 2.31 bits per heavy atom. The highest BCUT2D eigenvalue weighted by Crippen LogP contribution is 2.26. The number of hydrogen-bond acceptors (Lipinski definition) is 4. The van der Waals surface area contributed by atoms with Crippen LogP contribution in [-0.2, 0) is 0 Å². The van der Waals surface area contributed by atoms with Crippen LogP contribution in [0.5, 0.6) is 0 Å². The fourth-order valence-electron chi connectivity index (χ4n) is 1.41. The van der Waals surface area contributed by atoms with Gasteiger partial charge in [-0.25, -0.2) is 9.63 Å². The van der Waals surface area contributed by atoms with Gasteiger partial charge in [-0.15, -0.1) is 0 Å². The van der Waals surface area contributed by atoms with Crippen molar-refractivity contribution in [3.63, 3.8) is 0 Å². The van der Waals surface area contributed by atoms with Gasteiger partial charge in [0.15, 0.2) is 5.58 Å². The van der Waals surface area contributed by atoms with Crippen LogP contribution in [-0.4, -0.2) is 16.6 Å². The van der Waals surface area contributed by atoms with Crippen molar-refractivity contribution in [1.29, 1.82) is 0 Å². The van der Waals surface area contributed by atoms with Crippen LogP contribution in [0.25, 0.3) is 11.1 Å². The van der Waals surface area contributed by atoms with E-state index in [0.717, 1.165) is 0 Å². The highest BCUT2D eigenvalue weighted by molar-refractivity contribution is 6.34. The van der Waals surface area contributed by atoms with Gasteiger partial charge in [0.2, 0.25) is 0 Å². The molecule has 0 fully saturated rings. The van der Waals surface area contributed by atoms with Crippen LogP contribution in [0.3, 0.4) is 0 Å². The predicted molar refractivity (Wildman–Crippen MR) is 60.7 cm³/mol. The van der Waals surface area contributed by atoms with Gasteiger partial charge in [0, 0.05) is 6.54 Å². The van der Waals surface area contributed by atoms with Crippen molar-refractivity contribution in [2.75, 3.05) is 6.54 Å². The lowest BCUT2D eigenvalue weighted by Crippen LogP contribution is -2.12. The summed E-state index contributed by atoms with van der Waals surface area (Å²) in [5, 5.41) is 9.99. The minimum absolute atomic E-state index is 0.165. The molecule has 0 radical (unpaired) electrons. The van der Waals surface area contributed by atoms with Crippen LogP contribution in [0, 0.1) is 0 Å².